The van der Waals surface area contributed by atoms with Gasteiger partial charge in [0.1, 0.15) is 0 Å². The maximum Gasteiger partial charge on any atom is 0.0403 e. The van der Waals surface area contributed by atoms with Gasteiger partial charge >= 0.3 is 0 Å². The topological polar surface area (TPSA) is 15.3 Å². The molecule has 1 heterocycles. The molecule has 106 valence electrons. The van der Waals surface area contributed by atoms with Gasteiger partial charge in [0.25, 0.3) is 0 Å². The average molecular weight is 260 g/mol. The first-order valence-corrected chi connectivity index (χ1v) is 7.41. The molecule has 1 aromatic rings. The molecule has 0 amide bonds. The summed E-state index contributed by atoms with van der Waals surface area (Å²) in [5, 5.41) is 3.50. The summed E-state index contributed by atoms with van der Waals surface area (Å²) in [5.74, 6) is 0.639. The molecule has 0 aliphatic carbocycles. The molecule has 0 fully saturated rings. The molecule has 0 saturated carbocycles. The van der Waals surface area contributed by atoms with E-state index in [2.05, 4.69) is 70.1 Å². The Hall–Kier alpha value is -1.02. The van der Waals surface area contributed by atoms with E-state index >= 15 is 0 Å². The highest BCUT2D eigenvalue weighted by molar-refractivity contribution is 5.60. The van der Waals surface area contributed by atoms with Crippen LogP contribution < -0.4 is 10.2 Å². The molecule has 0 aromatic heterocycles. The summed E-state index contributed by atoms with van der Waals surface area (Å²) in [6, 6.07) is 7.49. The van der Waals surface area contributed by atoms with Crippen molar-refractivity contribution >= 4 is 5.69 Å². The van der Waals surface area contributed by atoms with E-state index in [-0.39, 0.29) is 5.54 Å². The minimum atomic E-state index is 0.254. The third-order valence-electron chi connectivity index (χ3n) is 4.41. The minimum absolute atomic E-state index is 0.254. The van der Waals surface area contributed by atoms with Crippen molar-refractivity contribution in [3.05, 3.63) is 29.3 Å². The van der Waals surface area contributed by atoms with Crippen LogP contribution in [-0.2, 0) is 6.54 Å². The van der Waals surface area contributed by atoms with E-state index in [1.807, 2.05) is 0 Å². The SMILES string of the molecule is CC(C)NCc1ccc2c(c1)[C@H](C)CC(C)(C)N2C. The molecule has 0 spiro atoms. The molecule has 2 heteroatoms. The third-order valence-corrected chi connectivity index (χ3v) is 4.41. The van der Waals surface area contributed by atoms with Crippen LogP contribution in [0.4, 0.5) is 5.69 Å². The summed E-state index contributed by atoms with van der Waals surface area (Å²) in [4.78, 5) is 2.43. The Morgan fingerprint density at radius 3 is 2.68 bits per heavy atom. The van der Waals surface area contributed by atoms with Gasteiger partial charge in [0.15, 0.2) is 0 Å². The highest BCUT2D eigenvalue weighted by Crippen LogP contribution is 2.42. The smallest absolute Gasteiger partial charge is 0.0403 e. The predicted octanol–water partition coefficient (Wildman–Crippen LogP) is 3.91. The Morgan fingerprint density at radius 2 is 2.05 bits per heavy atom. The molecular weight excluding hydrogens is 232 g/mol. The average Bonchev–Trinajstić information content (AvgIpc) is 2.33. The number of benzene rings is 1. The maximum atomic E-state index is 3.50. The van der Waals surface area contributed by atoms with Gasteiger partial charge in [-0.1, -0.05) is 32.9 Å². The van der Waals surface area contributed by atoms with Crippen molar-refractivity contribution in [2.75, 3.05) is 11.9 Å². The van der Waals surface area contributed by atoms with Crippen molar-refractivity contribution < 1.29 is 0 Å². The van der Waals surface area contributed by atoms with Gasteiger partial charge in [0, 0.05) is 30.9 Å². The Labute approximate surface area is 118 Å². The zero-order valence-corrected chi connectivity index (χ0v) is 13.2. The summed E-state index contributed by atoms with van der Waals surface area (Å²) >= 11 is 0. The second kappa shape index (κ2) is 5.16. The monoisotopic (exact) mass is 260 g/mol. The van der Waals surface area contributed by atoms with Crippen LogP contribution in [0.15, 0.2) is 18.2 Å². The summed E-state index contributed by atoms with van der Waals surface area (Å²) in [6.07, 6.45) is 1.22. The van der Waals surface area contributed by atoms with Gasteiger partial charge in [-0.2, -0.15) is 0 Å². The quantitative estimate of drug-likeness (QED) is 0.886. The van der Waals surface area contributed by atoms with Crippen LogP contribution in [0.2, 0.25) is 0 Å². The Bertz CT molecular complexity index is 449. The van der Waals surface area contributed by atoms with Crippen molar-refractivity contribution in [3.8, 4) is 0 Å². The van der Waals surface area contributed by atoms with Gasteiger partial charge in [-0.25, -0.2) is 0 Å². The van der Waals surface area contributed by atoms with E-state index in [0.29, 0.717) is 12.0 Å². The van der Waals surface area contributed by atoms with Crippen LogP contribution >= 0.6 is 0 Å². The fourth-order valence-electron chi connectivity index (χ4n) is 3.06. The first-order valence-electron chi connectivity index (χ1n) is 7.41. The van der Waals surface area contributed by atoms with E-state index in [0.717, 1.165) is 6.54 Å². The van der Waals surface area contributed by atoms with E-state index in [1.165, 1.54) is 23.2 Å². The first-order chi connectivity index (χ1) is 8.81. The van der Waals surface area contributed by atoms with Crippen LogP contribution in [0.1, 0.15) is 58.1 Å². The second-order valence-electron chi connectivity index (χ2n) is 6.91. The van der Waals surface area contributed by atoms with Gasteiger partial charge < -0.3 is 10.2 Å². The Kier molecular flexibility index (Phi) is 3.91. The van der Waals surface area contributed by atoms with Gasteiger partial charge in [-0.3, -0.25) is 0 Å². The van der Waals surface area contributed by atoms with E-state index < -0.39 is 0 Å². The van der Waals surface area contributed by atoms with Crippen molar-refractivity contribution in [1.82, 2.24) is 5.32 Å². The summed E-state index contributed by atoms with van der Waals surface area (Å²) in [6.45, 7) is 12.4. The van der Waals surface area contributed by atoms with Crippen LogP contribution in [-0.4, -0.2) is 18.6 Å². The number of hydrogen-bond acceptors (Lipinski definition) is 2. The molecule has 0 saturated heterocycles. The molecule has 1 atom stereocenters. The van der Waals surface area contributed by atoms with E-state index in [1.54, 1.807) is 0 Å². The highest BCUT2D eigenvalue weighted by atomic mass is 15.2. The second-order valence-corrected chi connectivity index (χ2v) is 6.91. The van der Waals surface area contributed by atoms with E-state index in [9.17, 15) is 0 Å². The lowest BCUT2D eigenvalue weighted by molar-refractivity contribution is 0.395. The summed E-state index contributed by atoms with van der Waals surface area (Å²) in [7, 11) is 2.22. The lowest BCUT2D eigenvalue weighted by Crippen LogP contribution is -2.45. The molecule has 0 unspecified atom stereocenters. The van der Waals surface area contributed by atoms with Gasteiger partial charge in [-0.15, -0.1) is 0 Å². The zero-order chi connectivity index (χ0) is 14.2. The summed E-state index contributed by atoms with van der Waals surface area (Å²) < 4.78 is 0. The molecule has 1 aromatic carbocycles. The molecule has 1 aliphatic heterocycles. The van der Waals surface area contributed by atoms with Gasteiger partial charge in [0.05, 0.1) is 0 Å². The van der Waals surface area contributed by atoms with Crippen molar-refractivity contribution in [2.45, 2.75) is 65.1 Å². The number of rotatable bonds is 3. The maximum absolute atomic E-state index is 3.50. The number of hydrogen-bond donors (Lipinski definition) is 1. The number of anilines is 1. The fraction of sp³-hybridized carbons (Fsp3) is 0.647. The summed E-state index contributed by atoms with van der Waals surface area (Å²) in [5.41, 5.74) is 4.55. The van der Waals surface area contributed by atoms with E-state index in [4.69, 9.17) is 0 Å². The van der Waals surface area contributed by atoms with Crippen LogP contribution in [0.3, 0.4) is 0 Å². The number of nitrogens with one attached hydrogen (secondary N) is 1. The number of nitrogens with zero attached hydrogens (tertiary/aromatic N) is 1. The molecular formula is C17H28N2. The fourth-order valence-corrected chi connectivity index (χ4v) is 3.06. The van der Waals surface area contributed by atoms with Crippen LogP contribution in [0, 0.1) is 0 Å². The zero-order valence-electron chi connectivity index (χ0n) is 13.2. The standard InChI is InChI=1S/C17H28N2/c1-12(2)18-11-14-7-8-16-15(9-14)13(3)10-17(4,5)19(16)6/h7-9,12-13,18H,10-11H2,1-6H3/t13-/m1/s1. The van der Waals surface area contributed by atoms with Gasteiger partial charge in [0.2, 0.25) is 0 Å². The third kappa shape index (κ3) is 2.94. The molecule has 1 N–H and O–H groups in total. The van der Waals surface area contributed by atoms with Gasteiger partial charge in [-0.05, 0) is 43.4 Å². The van der Waals surface area contributed by atoms with Crippen LogP contribution in [0.25, 0.3) is 0 Å². The molecule has 2 nitrogen and oxygen atoms in total. The van der Waals surface area contributed by atoms with Crippen LogP contribution in [0.5, 0.6) is 0 Å². The lowest BCUT2D eigenvalue weighted by Gasteiger charge is -2.45. The molecule has 19 heavy (non-hydrogen) atoms. The molecule has 1 aliphatic rings. The Balaban J connectivity index is 2.28. The minimum Gasteiger partial charge on any atom is -0.369 e. The largest absolute Gasteiger partial charge is 0.369 e. The molecule has 0 bridgehead atoms. The normalized spacial score (nSPS) is 21.6. The van der Waals surface area contributed by atoms with Crippen molar-refractivity contribution in [2.24, 2.45) is 0 Å². The van der Waals surface area contributed by atoms with Crippen molar-refractivity contribution in [3.63, 3.8) is 0 Å². The van der Waals surface area contributed by atoms with Crippen molar-refractivity contribution in [1.29, 1.82) is 0 Å². The predicted molar refractivity (Wildman–Crippen MR) is 83.9 cm³/mol. The first kappa shape index (κ1) is 14.4. The molecule has 2 rings (SSSR count). The number of fused-ring (bicyclic) bond motifs is 1. The Morgan fingerprint density at radius 1 is 1.37 bits per heavy atom. The molecule has 0 radical (unpaired) electrons. The highest BCUT2D eigenvalue weighted by Gasteiger charge is 2.33. The lowest BCUT2D eigenvalue weighted by atomic mass is 9.80.